The maximum Gasteiger partial charge on any atom is 0.233 e. The number of methoxy groups -OCH3 is 1. The first-order valence-electron chi connectivity index (χ1n) is 7.86. The van der Waals surface area contributed by atoms with Gasteiger partial charge in [0.15, 0.2) is 0 Å². The quantitative estimate of drug-likeness (QED) is 0.757. The van der Waals surface area contributed by atoms with E-state index in [0.717, 1.165) is 17.7 Å². The van der Waals surface area contributed by atoms with Crippen molar-refractivity contribution in [2.45, 2.75) is 18.9 Å². The Bertz CT molecular complexity index is 676. The molecule has 3 amide bonds. The van der Waals surface area contributed by atoms with Gasteiger partial charge in [-0.25, -0.2) is 0 Å². The van der Waals surface area contributed by atoms with E-state index in [9.17, 15) is 14.4 Å². The Kier molecular flexibility index (Phi) is 3.14. The first-order chi connectivity index (χ1) is 11.1. The maximum atomic E-state index is 12.3. The summed E-state index contributed by atoms with van der Waals surface area (Å²) in [5.74, 6) is 0.533. The molecule has 0 spiro atoms. The average Bonchev–Trinajstić information content (AvgIpc) is 3.25. The summed E-state index contributed by atoms with van der Waals surface area (Å²) in [6, 6.07) is 7.30. The molecule has 2 atom stereocenters. The molecule has 2 aliphatic heterocycles. The summed E-state index contributed by atoms with van der Waals surface area (Å²) >= 11 is 0. The fraction of sp³-hybridized carbons (Fsp3) is 0.471. The molecule has 4 rings (SSSR count). The lowest BCUT2D eigenvalue weighted by molar-refractivity contribution is -0.153. The number of benzene rings is 1. The van der Waals surface area contributed by atoms with Crippen molar-refractivity contribution in [3.05, 3.63) is 29.8 Å². The van der Waals surface area contributed by atoms with E-state index in [-0.39, 0.29) is 35.6 Å². The third-order valence-electron chi connectivity index (χ3n) is 4.97. The van der Waals surface area contributed by atoms with Crippen molar-refractivity contribution >= 4 is 17.7 Å². The Balaban J connectivity index is 1.34. The van der Waals surface area contributed by atoms with E-state index < -0.39 is 0 Å². The van der Waals surface area contributed by atoms with Gasteiger partial charge in [0, 0.05) is 13.1 Å². The Morgan fingerprint density at radius 3 is 2.57 bits per heavy atom. The number of piperidine rings is 1. The molecule has 2 saturated heterocycles. The Morgan fingerprint density at radius 1 is 1.22 bits per heavy atom. The zero-order valence-corrected chi connectivity index (χ0v) is 12.9. The van der Waals surface area contributed by atoms with Crippen molar-refractivity contribution in [3.63, 3.8) is 0 Å². The average molecular weight is 314 g/mol. The number of likely N-dealkylation sites (tertiary alicyclic amines) is 2. The highest BCUT2D eigenvalue weighted by atomic mass is 16.5. The van der Waals surface area contributed by atoms with Crippen LogP contribution in [0, 0.1) is 11.8 Å². The minimum absolute atomic E-state index is 0.0127. The molecule has 120 valence electrons. The van der Waals surface area contributed by atoms with Gasteiger partial charge in [0.2, 0.25) is 17.7 Å². The van der Waals surface area contributed by atoms with Crippen LogP contribution >= 0.6 is 0 Å². The molecule has 23 heavy (non-hydrogen) atoms. The normalized spacial score (nSPS) is 26.1. The lowest BCUT2D eigenvalue weighted by Crippen LogP contribution is -2.63. The molecule has 0 bridgehead atoms. The second kappa shape index (κ2) is 5.08. The predicted octanol–water partition coefficient (Wildman–Crippen LogP) is 0.453. The van der Waals surface area contributed by atoms with Gasteiger partial charge < -0.3 is 9.64 Å². The highest BCUT2D eigenvalue weighted by molar-refractivity contribution is 6.09. The predicted molar refractivity (Wildman–Crippen MR) is 80.5 cm³/mol. The van der Waals surface area contributed by atoms with Crippen LogP contribution in [0.3, 0.4) is 0 Å². The molecular formula is C17H18N2O4. The largest absolute Gasteiger partial charge is 0.497 e. The van der Waals surface area contributed by atoms with Crippen molar-refractivity contribution < 1.29 is 19.1 Å². The molecule has 3 aliphatic rings. The third kappa shape index (κ3) is 2.29. The summed E-state index contributed by atoms with van der Waals surface area (Å²) in [5, 5.41) is 0. The molecule has 6 heteroatoms. The number of nitrogens with zero attached hydrogens (tertiary/aromatic N) is 2. The highest BCUT2D eigenvalue weighted by Crippen LogP contribution is 2.48. The lowest BCUT2D eigenvalue weighted by Gasteiger charge is -2.43. The van der Waals surface area contributed by atoms with Crippen LogP contribution in [0.25, 0.3) is 0 Å². The van der Waals surface area contributed by atoms with E-state index in [1.165, 1.54) is 4.90 Å². The van der Waals surface area contributed by atoms with Gasteiger partial charge >= 0.3 is 0 Å². The Labute approximate surface area is 134 Å². The van der Waals surface area contributed by atoms with E-state index in [1.807, 2.05) is 24.3 Å². The molecule has 0 aromatic heterocycles. The molecule has 2 unspecified atom stereocenters. The van der Waals surface area contributed by atoms with Crippen LogP contribution in [-0.2, 0) is 20.8 Å². The number of hydrogen-bond donors (Lipinski definition) is 0. The SMILES string of the molecule is COc1cccc(CC(=O)N2CC(N3C(=O)C4CC4C3=O)C2)c1. The number of rotatable bonds is 4. The zero-order chi connectivity index (χ0) is 16.1. The van der Waals surface area contributed by atoms with Crippen LogP contribution in [0.4, 0.5) is 0 Å². The fourth-order valence-corrected chi connectivity index (χ4v) is 3.46. The molecule has 1 aromatic rings. The van der Waals surface area contributed by atoms with Gasteiger partial charge in [0.05, 0.1) is 31.4 Å². The maximum absolute atomic E-state index is 12.3. The van der Waals surface area contributed by atoms with Crippen molar-refractivity contribution in [1.82, 2.24) is 9.80 Å². The van der Waals surface area contributed by atoms with Crippen LogP contribution in [0.2, 0.25) is 0 Å². The zero-order valence-electron chi connectivity index (χ0n) is 12.9. The van der Waals surface area contributed by atoms with Crippen LogP contribution < -0.4 is 4.74 Å². The Morgan fingerprint density at radius 2 is 1.91 bits per heavy atom. The van der Waals surface area contributed by atoms with Crippen molar-refractivity contribution in [2.24, 2.45) is 11.8 Å². The molecule has 0 N–H and O–H groups in total. The topological polar surface area (TPSA) is 66.9 Å². The van der Waals surface area contributed by atoms with E-state index in [4.69, 9.17) is 4.74 Å². The minimum Gasteiger partial charge on any atom is -0.497 e. The van der Waals surface area contributed by atoms with Crippen LogP contribution in [-0.4, -0.2) is 53.8 Å². The number of ether oxygens (including phenoxy) is 1. The smallest absolute Gasteiger partial charge is 0.233 e. The first kappa shape index (κ1) is 14.2. The van der Waals surface area contributed by atoms with Gasteiger partial charge in [-0.2, -0.15) is 0 Å². The van der Waals surface area contributed by atoms with Crippen LogP contribution in [0.5, 0.6) is 5.75 Å². The molecule has 2 heterocycles. The van der Waals surface area contributed by atoms with E-state index >= 15 is 0 Å². The summed E-state index contributed by atoms with van der Waals surface area (Å²) < 4.78 is 5.15. The number of hydrogen-bond acceptors (Lipinski definition) is 4. The monoisotopic (exact) mass is 314 g/mol. The molecule has 3 fully saturated rings. The van der Waals surface area contributed by atoms with Crippen molar-refractivity contribution in [2.75, 3.05) is 20.2 Å². The molecule has 1 saturated carbocycles. The highest BCUT2D eigenvalue weighted by Gasteiger charge is 2.61. The lowest BCUT2D eigenvalue weighted by atomic mass is 10.0. The molecule has 6 nitrogen and oxygen atoms in total. The van der Waals surface area contributed by atoms with Gasteiger partial charge in [0.25, 0.3) is 0 Å². The number of amides is 3. The van der Waals surface area contributed by atoms with Crippen LogP contribution in [0.15, 0.2) is 24.3 Å². The van der Waals surface area contributed by atoms with Crippen molar-refractivity contribution in [1.29, 1.82) is 0 Å². The standard InChI is InChI=1S/C17H18N2O4/c1-23-12-4-2-3-10(5-12)6-15(20)18-8-11(9-18)19-16(21)13-7-14(13)17(19)22/h2-5,11,13-14H,6-9H2,1H3. The molecule has 0 radical (unpaired) electrons. The van der Waals surface area contributed by atoms with Crippen molar-refractivity contribution in [3.8, 4) is 5.75 Å². The van der Waals surface area contributed by atoms with Gasteiger partial charge in [-0.15, -0.1) is 0 Å². The van der Waals surface area contributed by atoms with Crippen LogP contribution in [0.1, 0.15) is 12.0 Å². The second-order valence-electron chi connectivity index (χ2n) is 6.48. The minimum atomic E-state index is -0.128. The third-order valence-corrected chi connectivity index (χ3v) is 4.97. The summed E-state index contributed by atoms with van der Waals surface area (Å²) in [6.45, 7) is 0.916. The summed E-state index contributed by atoms with van der Waals surface area (Å²) in [7, 11) is 1.59. The summed E-state index contributed by atoms with van der Waals surface area (Å²) in [6.07, 6.45) is 1.02. The number of imide groups is 1. The van der Waals surface area contributed by atoms with E-state index in [0.29, 0.717) is 19.5 Å². The Hall–Kier alpha value is -2.37. The van der Waals surface area contributed by atoms with Gasteiger partial charge in [-0.1, -0.05) is 12.1 Å². The number of fused-ring (bicyclic) bond motifs is 1. The molecular weight excluding hydrogens is 296 g/mol. The summed E-state index contributed by atoms with van der Waals surface area (Å²) in [4.78, 5) is 39.4. The number of carbonyl (C=O) groups excluding carboxylic acids is 3. The van der Waals surface area contributed by atoms with Gasteiger partial charge in [0.1, 0.15) is 5.75 Å². The van der Waals surface area contributed by atoms with Gasteiger partial charge in [-0.05, 0) is 24.1 Å². The summed E-state index contributed by atoms with van der Waals surface area (Å²) in [5.41, 5.74) is 0.896. The van der Waals surface area contributed by atoms with E-state index in [1.54, 1.807) is 12.0 Å². The van der Waals surface area contributed by atoms with E-state index in [2.05, 4.69) is 0 Å². The number of carbonyl (C=O) groups is 3. The first-order valence-corrected chi connectivity index (χ1v) is 7.86. The second-order valence-corrected chi connectivity index (χ2v) is 6.48. The van der Waals surface area contributed by atoms with Gasteiger partial charge in [-0.3, -0.25) is 19.3 Å². The molecule has 1 aliphatic carbocycles. The molecule has 1 aromatic carbocycles. The fourth-order valence-electron chi connectivity index (χ4n) is 3.46.